The van der Waals surface area contributed by atoms with Crippen molar-refractivity contribution in [1.29, 1.82) is 0 Å². The molecule has 0 heterocycles. The van der Waals surface area contributed by atoms with Gasteiger partial charge in [-0.05, 0) is 57.9 Å². The first-order valence-corrected chi connectivity index (χ1v) is 8.83. The van der Waals surface area contributed by atoms with E-state index in [-0.39, 0.29) is 11.4 Å². The molecule has 2 aromatic rings. The SMILES string of the molecule is NCc1cc(S(=O)(=O)Nc2ccc(Cl)c(Br)c2)ccc1Cl. The number of nitrogens with two attached hydrogens (primary N) is 1. The lowest BCUT2D eigenvalue weighted by Crippen LogP contribution is -2.13. The second kappa shape index (κ2) is 6.54. The van der Waals surface area contributed by atoms with Crippen molar-refractivity contribution in [2.24, 2.45) is 5.73 Å². The van der Waals surface area contributed by atoms with Crippen molar-refractivity contribution in [3.63, 3.8) is 0 Å². The topological polar surface area (TPSA) is 72.2 Å². The van der Waals surface area contributed by atoms with Gasteiger partial charge in [-0.15, -0.1) is 0 Å². The van der Waals surface area contributed by atoms with Crippen LogP contribution in [0, 0.1) is 0 Å². The van der Waals surface area contributed by atoms with Gasteiger partial charge in [0.2, 0.25) is 0 Å². The maximum absolute atomic E-state index is 12.3. The average molecular weight is 410 g/mol. The molecule has 0 saturated carbocycles. The number of hydrogen-bond acceptors (Lipinski definition) is 3. The van der Waals surface area contributed by atoms with Crippen molar-refractivity contribution < 1.29 is 8.42 Å². The smallest absolute Gasteiger partial charge is 0.261 e. The third-order valence-corrected chi connectivity index (χ3v) is 5.68. The molecule has 0 amide bonds. The van der Waals surface area contributed by atoms with E-state index in [1.807, 2.05) is 0 Å². The molecule has 3 N–H and O–H groups in total. The van der Waals surface area contributed by atoms with Gasteiger partial charge in [0, 0.05) is 16.0 Å². The van der Waals surface area contributed by atoms with Crippen LogP contribution in [-0.2, 0) is 16.6 Å². The number of hydrogen-bond donors (Lipinski definition) is 2. The lowest BCUT2D eigenvalue weighted by Gasteiger charge is -2.10. The Kier molecular flexibility index (Phi) is 5.16. The molecule has 0 bridgehead atoms. The summed E-state index contributed by atoms with van der Waals surface area (Å²) in [4.78, 5) is 0.0958. The third-order valence-electron chi connectivity index (χ3n) is 2.72. The molecule has 2 rings (SSSR count). The predicted molar refractivity (Wildman–Crippen MR) is 89.3 cm³/mol. The van der Waals surface area contributed by atoms with Crippen LogP contribution in [0.2, 0.25) is 10.0 Å². The second-order valence-corrected chi connectivity index (χ2v) is 7.54. The van der Waals surface area contributed by atoms with E-state index in [4.69, 9.17) is 28.9 Å². The Morgan fingerprint density at radius 3 is 2.38 bits per heavy atom. The summed E-state index contributed by atoms with van der Waals surface area (Å²) in [5.74, 6) is 0. The molecule has 0 aliphatic carbocycles. The number of halogens is 3. The molecule has 0 aromatic heterocycles. The molecule has 2 aromatic carbocycles. The van der Waals surface area contributed by atoms with E-state index in [2.05, 4.69) is 20.7 Å². The van der Waals surface area contributed by atoms with E-state index in [9.17, 15) is 8.42 Å². The highest BCUT2D eigenvalue weighted by atomic mass is 79.9. The minimum absolute atomic E-state index is 0.0958. The summed E-state index contributed by atoms with van der Waals surface area (Å²) in [5, 5.41) is 0.931. The summed E-state index contributed by atoms with van der Waals surface area (Å²) in [6.45, 7) is 0.161. The monoisotopic (exact) mass is 408 g/mol. The molecule has 8 heteroatoms. The van der Waals surface area contributed by atoms with E-state index in [0.717, 1.165) is 0 Å². The zero-order valence-corrected chi connectivity index (χ0v) is 14.5. The van der Waals surface area contributed by atoms with Crippen molar-refractivity contribution >= 4 is 54.8 Å². The number of sulfonamides is 1. The Labute approximate surface area is 141 Å². The molecule has 112 valence electrons. The molecule has 0 spiro atoms. The molecule has 0 radical (unpaired) electrons. The van der Waals surface area contributed by atoms with Crippen LogP contribution in [-0.4, -0.2) is 8.42 Å². The number of rotatable bonds is 4. The maximum Gasteiger partial charge on any atom is 0.261 e. The lowest BCUT2D eigenvalue weighted by molar-refractivity contribution is 0.601. The first kappa shape index (κ1) is 16.6. The van der Waals surface area contributed by atoms with Crippen molar-refractivity contribution in [2.45, 2.75) is 11.4 Å². The minimum atomic E-state index is -3.72. The molecular weight excluding hydrogens is 399 g/mol. The fourth-order valence-electron chi connectivity index (χ4n) is 1.65. The zero-order valence-electron chi connectivity index (χ0n) is 10.6. The van der Waals surface area contributed by atoms with E-state index in [0.29, 0.717) is 25.8 Å². The Balaban J connectivity index is 2.35. The van der Waals surface area contributed by atoms with Gasteiger partial charge >= 0.3 is 0 Å². The Hall–Kier alpha value is -0.790. The van der Waals surface area contributed by atoms with Crippen LogP contribution in [0.25, 0.3) is 0 Å². The fraction of sp³-hybridized carbons (Fsp3) is 0.0769. The summed E-state index contributed by atoms with van der Waals surface area (Å²) in [7, 11) is -3.72. The van der Waals surface area contributed by atoms with Gasteiger partial charge in [0.25, 0.3) is 10.0 Å². The zero-order chi connectivity index (χ0) is 15.6. The summed E-state index contributed by atoms with van der Waals surface area (Å²) in [5.41, 5.74) is 6.50. The predicted octanol–water partition coefficient (Wildman–Crippen LogP) is 4.02. The van der Waals surface area contributed by atoms with Gasteiger partial charge in [-0.25, -0.2) is 8.42 Å². The van der Waals surface area contributed by atoms with Crippen molar-refractivity contribution in [2.75, 3.05) is 4.72 Å². The van der Waals surface area contributed by atoms with Crippen LogP contribution in [0.1, 0.15) is 5.56 Å². The van der Waals surface area contributed by atoms with Gasteiger partial charge in [0.15, 0.2) is 0 Å². The van der Waals surface area contributed by atoms with E-state index >= 15 is 0 Å². The molecule has 0 aliphatic rings. The molecule has 4 nitrogen and oxygen atoms in total. The van der Waals surface area contributed by atoms with Crippen molar-refractivity contribution in [1.82, 2.24) is 0 Å². The molecule has 0 fully saturated rings. The Morgan fingerprint density at radius 2 is 1.76 bits per heavy atom. The van der Waals surface area contributed by atoms with E-state index < -0.39 is 10.0 Å². The maximum atomic E-state index is 12.3. The normalized spacial score (nSPS) is 11.4. The Morgan fingerprint density at radius 1 is 1.10 bits per heavy atom. The fourth-order valence-corrected chi connectivity index (χ4v) is 3.44. The van der Waals surface area contributed by atoms with Crippen LogP contribution in [0.15, 0.2) is 45.8 Å². The van der Waals surface area contributed by atoms with Gasteiger partial charge in [0.05, 0.1) is 15.6 Å². The third kappa shape index (κ3) is 3.90. The lowest BCUT2D eigenvalue weighted by atomic mass is 10.2. The van der Waals surface area contributed by atoms with Crippen LogP contribution >= 0.6 is 39.1 Å². The first-order chi connectivity index (χ1) is 9.83. The molecular formula is C13H11BrCl2N2O2S. The van der Waals surface area contributed by atoms with E-state index in [1.54, 1.807) is 18.2 Å². The van der Waals surface area contributed by atoms with Gasteiger partial charge in [-0.3, -0.25) is 4.72 Å². The quantitative estimate of drug-likeness (QED) is 0.800. The van der Waals surface area contributed by atoms with Crippen LogP contribution in [0.3, 0.4) is 0 Å². The molecule has 0 unspecified atom stereocenters. The van der Waals surface area contributed by atoms with Crippen LogP contribution < -0.4 is 10.5 Å². The van der Waals surface area contributed by atoms with Crippen LogP contribution in [0.4, 0.5) is 5.69 Å². The molecule has 0 atom stereocenters. The number of benzene rings is 2. The summed E-state index contributed by atoms with van der Waals surface area (Å²) in [6, 6.07) is 9.14. The highest BCUT2D eigenvalue weighted by molar-refractivity contribution is 9.10. The standard InChI is InChI=1S/C13H11BrCl2N2O2S/c14-11-6-9(1-3-13(11)16)18-21(19,20)10-2-4-12(15)8(5-10)7-17/h1-6,18H,7,17H2. The largest absolute Gasteiger partial charge is 0.326 e. The summed E-state index contributed by atoms with van der Waals surface area (Å²) in [6.07, 6.45) is 0. The molecule has 0 aliphatic heterocycles. The van der Waals surface area contributed by atoms with Gasteiger partial charge in [0.1, 0.15) is 0 Å². The number of nitrogens with one attached hydrogen (secondary N) is 1. The molecule has 21 heavy (non-hydrogen) atoms. The Bertz CT molecular complexity index is 782. The number of anilines is 1. The van der Waals surface area contributed by atoms with Crippen molar-refractivity contribution in [3.05, 3.63) is 56.5 Å². The minimum Gasteiger partial charge on any atom is -0.326 e. The first-order valence-electron chi connectivity index (χ1n) is 5.80. The highest BCUT2D eigenvalue weighted by Crippen LogP contribution is 2.27. The van der Waals surface area contributed by atoms with Crippen LogP contribution in [0.5, 0.6) is 0 Å². The van der Waals surface area contributed by atoms with Gasteiger partial charge in [-0.2, -0.15) is 0 Å². The average Bonchev–Trinajstić information content (AvgIpc) is 2.43. The highest BCUT2D eigenvalue weighted by Gasteiger charge is 2.16. The van der Waals surface area contributed by atoms with Crippen molar-refractivity contribution in [3.8, 4) is 0 Å². The van der Waals surface area contributed by atoms with E-state index in [1.165, 1.54) is 18.2 Å². The van der Waals surface area contributed by atoms with Gasteiger partial charge in [-0.1, -0.05) is 23.2 Å². The second-order valence-electron chi connectivity index (χ2n) is 4.19. The van der Waals surface area contributed by atoms with Gasteiger partial charge < -0.3 is 5.73 Å². The summed E-state index contributed by atoms with van der Waals surface area (Å²) >= 11 is 15.0. The molecule has 0 saturated heterocycles. The summed E-state index contributed by atoms with van der Waals surface area (Å²) < 4.78 is 27.7.